The van der Waals surface area contributed by atoms with Crippen molar-refractivity contribution in [1.82, 2.24) is 4.98 Å². The zero-order valence-electron chi connectivity index (χ0n) is 9.68. The number of nitrogens with zero attached hydrogens (tertiary/aromatic N) is 1. The van der Waals surface area contributed by atoms with Crippen LogP contribution in [0.25, 0.3) is 0 Å². The third kappa shape index (κ3) is 3.14. The Hall–Kier alpha value is -1.68. The van der Waals surface area contributed by atoms with Crippen molar-refractivity contribution in [3.63, 3.8) is 0 Å². The number of hydrogen-bond acceptors (Lipinski definition) is 4. The molecule has 17 heavy (non-hydrogen) atoms. The van der Waals surface area contributed by atoms with Crippen molar-refractivity contribution >= 4 is 23.3 Å². The summed E-state index contributed by atoms with van der Waals surface area (Å²) in [5.74, 6) is 1.50. The van der Waals surface area contributed by atoms with Crippen LogP contribution >= 0.6 is 11.8 Å². The first-order chi connectivity index (χ1) is 8.29. The Morgan fingerprint density at radius 3 is 2.65 bits per heavy atom. The summed E-state index contributed by atoms with van der Waals surface area (Å²) < 4.78 is 0. The summed E-state index contributed by atoms with van der Waals surface area (Å²) in [5.41, 5.74) is 8.19. The molecule has 0 bridgehead atoms. The van der Waals surface area contributed by atoms with Gasteiger partial charge >= 0.3 is 0 Å². The van der Waals surface area contributed by atoms with Crippen molar-refractivity contribution in [2.75, 3.05) is 18.1 Å². The fraction of sp³-hybridized carbons (Fsp3) is 0.154. The van der Waals surface area contributed by atoms with Crippen molar-refractivity contribution in [3.8, 4) is 0 Å². The molecule has 4 heteroatoms. The molecule has 3 nitrogen and oxygen atoms in total. The highest BCUT2D eigenvalue weighted by atomic mass is 32.2. The lowest BCUT2D eigenvalue weighted by atomic mass is 10.2. The third-order valence-corrected chi connectivity index (χ3v) is 3.57. The molecule has 0 saturated heterocycles. The van der Waals surface area contributed by atoms with Crippen LogP contribution in [-0.4, -0.2) is 12.0 Å². The van der Waals surface area contributed by atoms with E-state index in [2.05, 4.69) is 34.6 Å². The maximum absolute atomic E-state index is 5.79. The number of anilines is 2. The minimum Gasteiger partial charge on any atom is -0.388 e. The fourth-order valence-electron chi connectivity index (χ4n) is 1.45. The molecule has 88 valence electrons. The second-order valence-electron chi connectivity index (χ2n) is 3.62. The maximum Gasteiger partial charge on any atom is 0.137 e. The Bertz CT molecular complexity index is 482. The lowest BCUT2D eigenvalue weighted by molar-refractivity contribution is 1.25. The highest BCUT2D eigenvalue weighted by Gasteiger charge is 2.00. The fourth-order valence-corrected chi connectivity index (χ4v) is 2.34. The second kappa shape index (κ2) is 5.59. The smallest absolute Gasteiger partial charge is 0.137 e. The van der Waals surface area contributed by atoms with E-state index in [-0.39, 0.29) is 0 Å². The zero-order chi connectivity index (χ0) is 12.1. The molecule has 0 fully saturated rings. The van der Waals surface area contributed by atoms with E-state index in [0.717, 1.165) is 16.3 Å². The van der Waals surface area contributed by atoms with Crippen molar-refractivity contribution in [3.05, 3.63) is 48.2 Å². The van der Waals surface area contributed by atoms with Crippen LogP contribution in [0.2, 0.25) is 0 Å². The van der Waals surface area contributed by atoms with Gasteiger partial charge in [0.05, 0.1) is 0 Å². The van der Waals surface area contributed by atoms with E-state index < -0.39 is 0 Å². The van der Waals surface area contributed by atoms with Gasteiger partial charge in [0.2, 0.25) is 0 Å². The standard InChI is InChI=1S/C13H15N3S/c1-15-11-6-4-10(5-7-11)9-17-12-3-2-8-16-13(12)14/h2-8,15H,9H2,1H3,(H2,14,16). The van der Waals surface area contributed by atoms with Crippen LogP contribution in [0, 0.1) is 0 Å². The van der Waals surface area contributed by atoms with E-state index >= 15 is 0 Å². The van der Waals surface area contributed by atoms with Crippen LogP contribution in [0.15, 0.2) is 47.5 Å². The van der Waals surface area contributed by atoms with Crippen molar-refractivity contribution in [2.24, 2.45) is 0 Å². The molecule has 1 heterocycles. The van der Waals surface area contributed by atoms with Gasteiger partial charge in [-0.3, -0.25) is 0 Å². The lowest BCUT2D eigenvalue weighted by Crippen LogP contribution is -1.92. The van der Waals surface area contributed by atoms with E-state index in [4.69, 9.17) is 5.73 Å². The minimum absolute atomic E-state index is 0.601. The van der Waals surface area contributed by atoms with E-state index in [9.17, 15) is 0 Å². The first kappa shape index (κ1) is 11.8. The molecule has 1 aromatic heterocycles. The average Bonchev–Trinajstić information content (AvgIpc) is 2.38. The van der Waals surface area contributed by atoms with Crippen LogP contribution < -0.4 is 11.1 Å². The number of nitrogens with two attached hydrogens (primary N) is 1. The molecule has 0 spiro atoms. The highest BCUT2D eigenvalue weighted by Crippen LogP contribution is 2.26. The van der Waals surface area contributed by atoms with Crippen LogP contribution in [0.1, 0.15) is 5.56 Å². The third-order valence-electron chi connectivity index (χ3n) is 2.44. The largest absolute Gasteiger partial charge is 0.388 e. The number of rotatable bonds is 4. The molecule has 0 aliphatic heterocycles. The first-order valence-corrected chi connectivity index (χ1v) is 6.38. The minimum atomic E-state index is 0.601. The van der Waals surface area contributed by atoms with E-state index in [1.54, 1.807) is 18.0 Å². The van der Waals surface area contributed by atoms with Gasteiger partial charge in [-0.05, 0) is 29.8 Å². The van der Waals surface area contributed by atoms with Gasteiger partial charge in [-0.15, -0.1) is 11.8 Å². The Balaban J connectivity index is 2.00. The summed E-state index contributed by atoms with van der Waals surface area (Å²) in [6, 6.07) is 12.3. The van der Waals surface area contributed by atoms with Crippen molar-refractivity contribution in [1.29, 1.82) is 0 Å². The zero-order valence-corrected chi connectivity index (χ0v) is 10.5. The normalized spacial score (nSPS) is 10.2. The van der Waals surface area contributed by atoms with Gasteiger partial charge in [0.1, 0.15) is 5.82 Å². The molecule has 0 amide bonds. The molecule has 2 rings (SSSR count). The quantitative estimate of drug-likeness (QED) is 0.813. The van der Waals surface area contributed by atoms with Gasteiger partial charge in [0, 0.05) is 29.6 Å². The van der Waals surface area contributed by atoms with E-state index in [1.807, 2.05) is 19.2 Å². The van der Waals surface area contributed by atoms with Gasteiger partial charge < -0.3 is 11.1 Å². The topological polar surface area (TPSA) is 50.9 Å². The predicted molar refractivity (Wildman–Crippen MR) is 74.2 cm³/mol. The van der Waals surface area contributed by atoms with E-state index in [1.165, 1.54) is 5.56 Å². The molecule has 0 radical (unpaired) electrons. The summed E-state index contributed by atoms with van der Waals surface area (Å²) in [6.45, 7) is 0. The van der Waals surface area contributed by atoms with Gasteiger partial charge in [0.15, 0.2) is 0 Å². The van der Waals surface area contributed by atoms with Gasteiger partial charge in [0.25, 0.3) is 0 Å². The predicted octanol–water partition coefficient (Wildman–Crippen LogP) is 3.00. The molecule has 1 aromatic carbocycles. The average molecular weight is 245 g/mol. The molecule has 0 atom stereocenters. The summed E-state index contributed by atoms with van der Waals surface area (Å²) in [7, 11) is 1.92. The highest BCUT2D eigenvalue weighted by molar-refractivity contribution is 7.98. The van der Waals surface area contributed by atoms with Crippen LogP contribution in [0.4, 0.5) is 11.5 Å². The SMILES string of the molecule is CNc1ccc(CSc2cccnc2N)cc1. The molecule has 3 N–H and O–H groups in total. The van der Waals surface area contributed by atoms with Crippen LogP contribution in [-0.2, 0) is 5.75 Å². The Morgan fingerprint density at radius 1 is 1.24 bits per heavy atom. The molecule has 2 aromatic rings. The molecule has 0 saturated carbocycles. The molecule has 0 aliphatic carbocycles. The monoisotopic (exact) mass is 245 g/mol. The second-order valence-corrected chi connectivity index (χ2v) is 4.64. The van der Waals surface area contributed by atoms with E-state index in [0.29, 0.717) is 5.82 Å². The van der Waals surface area contributed by atoms with Crippen molar-refractivity contribution in [2.45, 2.75) is 10.6 Å². The van der Waals surface area contributed by atoms with Gasteiger partial charge in [-0.1, -0.05) is 12.1 Å². The Kier molecular flexibility index (Phi) is 3.88. The Morgan fingerprint density at radius 2 is 2.00 bits per heavy atom. The molecule has 0 unspecified atom stereocenters. The number of thioether (sulfide) groups is 1. The number of benzene rings is 1. The number of hydrogen-bond donors (Lipinski definition) is 2. The summed E-state index contributed by atoms with van der Waals surface area (Å²) in [5, 5.41) is 3.10. The lowest BCUT2D eigenvalue weighted by Gasteiger charge is -2.05. The summed E-state index contributed by atoms with van der Waals surface area (Å²) >= 11 is 1.71. The van der Waals surface area contributed by atoms with Crippen molar-refractivity contribution < 1.29 is 0 Å². The molecule has 0 aliphatic rings. The maximum atomic E-state index is 5.79. The number of pyridine rings is 1. The van der Waals surface area contributed by atoms with Gasteiger partial charge in [-0.2, -0.15) is 0 Å². The summed E-state index contributed by atoms with van der Waals surface area (Å²) in [6.07, 6.45) is 1.71. The number of nitrogen functional groups attached to an aromatic ring is 1. The van der Waals surface area contributed by atoms with Crippen LogP contribution in [0.3, 0.4) is 0 Å². The molecular formula is C13H15N3S. The summed E-state index contributed by atoms with van der Waals surface area (Å²) in [4.78, 5) is 5.10. The number of nitrogens with one attached hydrogen (secondary N) is 1. The van der Waals surface area contributed by atoms with Gasteiger partial charge in [-0.25, -0.2) is 4.98 Å². The Labute approximate surface area is 105 Å². The molecular weight excluding hydrogens is 230 g/mol. The first-order valence-electron chi connectivity index (χ1n) is 5.39. The van der Waals surface area contributed by atoms with Crippen LogP contribution in [0.5, 0.6) is 0 Å². The number of aromatic nitrogens is 1.